The fourth-order valence-electron chi connectivity index (χ4n) is 10.9. The van der Waals surface area contributed by atoms with Gasteiger partial charge in [0, 0.05) is 94.1 Å². The summed E-state index contributed by atoms with van der Waals surface area (Å²) in [5.41, 5.74) is 15.6. The molecule has 11 aromatic carbocycles. The molecule has 0 aliphatic heterocycles. The van der Waals surface area contributed by atoms with Crippen molar-refractivity contribution in [3.8, 4) is 0 Å². The van der Waals surface area contributed by atoms with Gasteiger partial charge in [0.25, 0.3) is 0 Å². The summed E-state index contributed by atoms with van der Waals surface area (Å²) < 4.78 is 26.0. The number of hydrogen-bond acceptors (Lipinski definition) is 6. The molecule has 0 radical (unpaired) electrons. The van der Waals surface area contributed by atoms with Crippen LogP contribution in [-0.2, 0) is 0 Å². The molecule has 0 amide bonds. The first-order valence-corrected chi connectivity index (χ1v) is 23.7. The molecule has 0 fully saturated rings. The predicted octanol–water partition coefficient (Wildman–Crippen LogP) is 19.1. The maximum Gasteiger partial charge on any atom is 0.143 e. The third-order valence-electron chi connectivity index (χ3n) is 14.3. The first kappa shape index (κ1) is 38.8. The molecular formula is C64H40N2O4. The molecule has 70 heavy (non-hydrogen) atoms. The molecule has 6 nitrogen and oxygen atoms in total. The Balaban J connectivity index is 0.822. The number of para-hydroxylation sites is 2. The Kier molecular flexibility index (Phi) is 8.10. The summed E-state index contributed by atoms with van der Waals surface area (Å²) in [7, 11) is 0. The zero-order chi connectivity index (χ0) is 46.2. The van der Waals surface area contributed by atoms with Gasteiger partial charge in [0.2, 0.25) is 0 Å². The van der Waals surface area contributed by atoms with Crippen molar-refractivity contribution in [3.63, 3.8) is 0 Å². The van der Waals surface area contributed by atoms with Crippen LogP contribution in [0.1, 0.15) is 11.1 Å². The van der Waals surface area contributed by atoms with E-state index in [0.717, 1.165) is 143 Å². The minimum Gasteiger partial charge on any atom is -0.456 e. The van der Waals surface area contributed by atoms with Crippen LogP contribution in [-0.4, -0.2) is 0 Å². The van der Waals surface area contributed by atoms with Crippen molar-refractivity contribution in [2.75, 3.05) is 9.80 Å². The Morgan fingerprint density at radius 3 is 1.09 bits per heavy atom. The lowest BCUT2D eigenvalue weighted by Gasteiger charge is -2.26. The first-order valence-electron chi connectivity index (χ1n) is 23.7. The van der Waals surface area contributed by atoms with Gasteiger partial charge in [-0.05, 0) is 152 Å². The highest BCUT2D eigenvalue weighted by Gasteiger charge is 2.21. The van der Waals surface area contributed by atoms with Gasteiger partial charge >= 0.3 is 0 Å². The first-order chi connectivity index (χ1) is 34.5. The van der Waals surface area contributed by atoms with Crippen LogP contribution in [0.5, 0.6) is 0 Å². The van der Waals surface area contributed by atoms with Crippen molar-refractivity contribution in [3.05, 3.63) is 217 Å². The molecular weight excluding hydrogens is 861 g/mol. The van der Waals surface area contributed by atoms with Crippen LogP contribution in [0.25, 0.3) is 109 Å². The largest absolute Gasteiger partial charge is 0.456 e. The summed E-state index contributed by atoms with van der Waals surface area (Å²) >= 11 is 0. The molecule has 0 unspecified atom stereocenters. The highest BCUT2D eigenvalue weighted by atomic mass is 16.3. The second-order valence-electron chi connectivity index (χ2n) is 18.6. The van der Waals surface area contributed by atoms with Crippen molar-refractivity contribution < 1.29 is 17.7 Å². The van der Waals surface area contributed by atoms with E-state index in [-0.39, 0.29) is 0 Å². The molecule has 6 heteroatoms. The standard InChI is InChI=1S/C64H40N2O4/c1-37-11-17-41(18-12-37)65(45-23-29-59-53(33-45)49-7-3-5-9-57(49)67-59)43-21-27-47-39(31-43)15-25-51-55-35-56-52-26-16-40-32-44(22-28-48(40)64(52)70-62(56)36-61(55)69-63(47)51)66(42-19-13-38(2)14-20-42)46-24-30-60-54(34-46)50-8-4-6-10-58(50)68-60/h3-36H,1-2H3. The maximum atomic E-state index is 6.80. The van der Waals surface area contributed by atoms with Crippen LogP contribution in [0.3, 0.4) is 0 Å². The predicted molar refractivity (Wildman–Crippen MR) is 289 cm³/mol. The molecule has 0 spiro atoms. The number of nitrogens with zero attached hydrogens (tertiary/aromatic N) is 2. The van der Waals surface area contributed by atoms with E-state index in [9.17, 15) is 0 Å². The van der Waals surface area contributed by atoms with Crippen LogP contribution in [0.15, 0.2) is 224 Å². The van der Waals surface area contributed by atoms with Crippen LogP contribution in [0.4, 0.5) is 34.1 Å². The smallest absolute Gasteiger partial charge is 0.143 e. The van der Waals surface area contributed by atoms with Gasteiger partial charge in [-0.1, -0.05) is 83.9 Å². The van der Waals surface area contributed by atoms with Gasteiger partial charge in [-0.25, -0.2) is 0 Å². The molecule has 15 rings (SSSR count). The number of furan rings is 4. The maximum absolute atomic E-state index is 6.80. The van der Waals surface area contributed by atoms with E-state index < -0.39 is 0 Å². The molecule has 0 bridgehead atoms. The van der Waals surface area contributed by atoms with Gasteiger partial charge in [0.05, 0.1) is 0 Å². The molecule has 0 atom stereocenters. The number of aryl methyl sites for hydroxylation is 2. The quantitative estimate of drug-likeness (QED) is 0.166. The lowest BCUT2D eigenvalue weighted by Crippen LogP contribution is -2.09. The van der Waals surface area contributed by atoms with Gasteiger partial charge < -0.3 is 27.5 Å². The molecule has 15 aromatic rings. The van der Waals surface area contributed by atoms with Crippen LogP contribution in [0, 0.1) is 13.8 Å². The lowest BCUT2D eigenvalue weighted by atomic mass is 10.0. The average Bonchev–Trinajstić information content (AvgIpc) is 4.17. The molecule has 0 N–H and O–H groups in total. The van der Waals surface area contributed by atoms with Gasteiger partial charge in [0.1, 0.15) is 44.7 Å². The SMILES string of the molecule is Cc1ccc(N(c2ccc3c(ccc4c5cc6c(cc5oc34)oc3c4ccc(N(c5ccc(C)cc5)c5ccc7oc8ccccc8c7c5)cc4ccc63)c2)c2ccc3oc4ccccc4c3c2)cc1. The van der Waals surface area contributed by atoms with Crippen LogP contribution < -0.4 is 9.80 Å². The van der Waals surface area contributed by atoms with Crippen molar-refractivity contribution in [2.45, 2.75) is 13.8 Å². The minimum absolute atomic E-state index is 0.794. The Labute approximate surface area is 400 Å². The Hall–Kier alpha value is -9.26. The van der Waals surface area contributed by atoms with Crippen molar-refractivity contribution >= 4 is 143 Å². The lowest BCUT2D eigenvalue weighted by molar-refractivity contribution is 0.659. The van der Waals surface area contributed by atoms with E-state index >= 15 is 0 Å². The third kappa shape index (κ3) is 5.86. The van der Waals surface area contributed by atoms with Crippen molar-refractivity contribution in [1.29, 1.82) is 0 Å². The normalized spacial score (nSPS) is 12.1. The highest BCUT2D eigenvalue weighted by Crippen LogP contribution is 2.45. The molecule has 4 heterocycles. The summed E-state index contributed by atoms with van der Waals surface area (Å²) in [6.45, 7) is 4.24. The number of rotatable bonds is 6. The zero-order valence-corrected chi connectivity index (χ0v) is 38.2. The van der Waals surface area contributed by atoms with Gasteiger partial charge in [-0.15, -0.1) is 0 Å². The van der Waals surface area contributed by atoms with E-state index in [1.807, 2.05) is 24.3 Å². The zero-order valence-electron chi connectivity index (χ0n) is 38.2. The Morgan fingerprint density at radius 1 is 0.243 bits per heavy atom. The van der Waals surface area contributed by atoms with E-state index in [2.05, 4.69) is 206 Å². The van der Waals surface area contributed by atoms with Crippen LogP contribution >= 0.6 is 0 Å². The highest BCUT2D eigenvalue weighted by molar-refractivity contribution is 6.22. The van der Waals surface area contributed by atoms with Gasteiger partial charge in [-0.2, -0.15) is 0 Å². The second-order valence-corrected chi connectivity index (χ2v) is 18.6. The summed E-state index contributed by atoms with van der Waals surface area (Å²) in [5, 5.41) is 12.9. The van der Waals surface area contributed by atoms with Gasteiger partial charge in [0.15, 0.2) is 0 Å². The summed E-state index contributed by atoms with van der Waals surface area (Å²) in [5.74, 6) is 0. The fraction of sp³-hybridized carbons (Fsp3) is 0.0312. The van der Waals surface area contributed by atoms with E-state index in [1.165, 1.54) is 11.1 Å². The minimum atomic E-state index is 0.794. The van der Waals surface area contributed by atoms with Crippen molar-refractivity contribution in [2.24, 2.45) is 0 Å². The summed E-state index contributed by atoms with van der Waals surface area (Å²) in [4.78, 5) is 4.63. The monoisotopic (exact) mass is 900 g/mol. The molecule has 0 saturated heterocycles. The van der Waals surface area contributed by atoms with Gasteiger partial charge in [-0.3, -0.25) is 0 Å². The molecule has 0 aliphatic rings. The van der Waals surface area contributed by atoms with Crippen LogP contribution in [0.2, 0.25) is 0 Å². The Morgan fingerprint density at radius 2 is 0.614 bits per heavy atom. The van der Waals surface area contributed by atoms with E-state index in [1.54, 1.807) is 0 Å². The molecule has 0 aliphatic carbocycles. The third-order valence-corrected chi connectivity index (χ3v) is 14.3. The number of benzene rings is 11. The van der Waals surface area contributed by atoms with Crippen molar-refractivity contribution in [1.82, 2.24) is 0 Å². The molecule has 330 valence electrons. The van der Waals surface area contributed by atoms with E-state index in [4.69, 9.17) is 17.7 Å². The summed E-state index contributed by atoms with van der Waals surface area (Å²) in [6.07, 6.45) is 0. The number of anilines is 6. The molecule has 0 saturated carbocycles. The number of hydrogen-bond donors (Lipinski definition) is 0. The topological polar surface area (TPSA) is 59.0 Å². The fourth-order valence-corrected chi connectivity index (χ4v) is 10.9. The number of fused-ring (bicyclic) bond motifs is 16. The van der Waals surface area contributed by atoms with E-state index in [0.29, 0.717) is 0 Å². The molecule has 4 aromatic heterocycles. The average molecular weight is 901 g/mol. The summed E-state index contributed by atoms with van der Waals surface area (Å²) in [6, 6.07) is 73.2. The second kappa shape index (κ2) is 14.6. The Bertz CT molecular complexity index is 4330.